The van der Waals surface area contributed by atoms with Crippen molar-refractivity contribution in [1.82, 2.24) is 9.62 Å². The van der Waals surface area contributed by atoms with Crippen LogP contribution in [0.4, 0.5) is 0 Å². The van der Waals surface area contributed by atoms with E-state index in [0.717, 1.165) is 32.4 Å². The monoisotopic (exact) mass is 450 g/mol. The highest BCUT2D eigenvalue weighted by molar-refractivity contribution is 7.89. The molecule has 3 heterocycles. The molecule has 30 heavy (non-hydrogen) atoms. The van der Waals surface area contributed by atoms with Crippen LogP contribution in [0.3, 0.4) is 0 Å². The summed E-state index contributed by atoms with van der Waals surface area (Å²) in [6.45, 7) is 3.92. The Bertz CT molecular complexity index is 1010. The maximum absolute atomic E-state index is 12.6. The summed E-state index contributed by atoms with van der Waals surface area (Å²) in [4.78, 5) is 15.8. The third kappa shape index (κ3) is 4.63. The molecule has 1 aromatic heterocycles. The number of benzene rings is 1. The number of aryl methyl sites for hydroxylation is 1. The number of thiophene rings is 1. The first-order valence-corrected chi connectivity index (χ1v) is 12.6. The molecule has 0 saturated carbocycles. The highest BCUT2D eigenvalue weighted by atomic mass is 32.2. The number of hydrogen-bond acceptors (Lipinski definition) is 6. The minimum absolute atomic E-state index is 0.0671. The van der Waals surface area contributed by atoms with E-state index < -0.39 is 16.1 Å². The second-order valence-corrected chi connectivity index (χ2v) is 10.4. The number of sulfonamides is 1. The Balaban J connectivity index is 1.39. The van der Waals surface area contributed by atoms with Crippen LogP contribution in [0.2, 0.25) is 0 Å². The Kier molecular flexibility index (Phi) is 6.31. The highest BCUT2D eigenvalue weighted by Crippen LogP contribution is 2.34. The number of ether oxygens (including phenoxy) is 2. The minimum Gasteiger partial charge on any atom is -0.485 e. The van der Waals surface area contributed by atoms with Crippen molar-refractivity contribution in [2.75, 3.05) is 26.2 Å². The molecule has 0 radical (unpaired) electrons. The van der Waals surface area contributed by atoms with Crippen LogP contribution < -0.4 is 14.2 Å². The molecule has 2 aliphatic rings. The van der Waals surface area contributed by atoms with Gasteiger partial charge in [0.2, 0.25) is 16.1 Å². The van der Waals surface area contributed by atoms with Crippen LogP contribution >= 0.6 is 11.3 Å². The summed E-state index contributed by atoms with van der Waals surface area (Å²) in [5.41, 5.74) is 1.17. The van der Waals surface area contributed by atoms with Gasteiger partial charge in [0.25, 0.3) is 5.91 Å². The van der Waals surface area contributed by atoms with E-state index in [2.05, 4.69) is 4.72 Å². The Hall–Kier alpha value is -2.10. The van der Waals surface area contributed by atoms with E-state index in [0.29, 0.717) is 24.5 Å². The predicted molar refractivity (Wildman–Crippen MR) is 115 cm³/mol. The summed E-state index contributed by atoms with van der Waals surface area (Å²) in [6.07, 6.45) is 3.12. The Morgan fingerprint density at radius 3 is 2.73 bits per heavy atom. The molecule has 162 valence electrons. The fourth-order valence-corrected chi connectivity index (χ4v) is 5.66. The summed E-state index contributed by atoms with van der Waals surface area (Å²) >= 11 is 1.62. The molecule has 2 aliphatic heterocycles. The van der Waals surface area contributed by atoms with E-state index >= 15 is 0 Å². The Morgan fingerprint density at radius 2 is 2.00 bits per heavy atom. The van der Waals surface area contributed by atoms with Crippen LogP contribution in [0.1, 0.15) is 29.7 Å². The molecule has 0 aliphatic carbocycles. The van der Waals surface area contributed by atoms with Crippen LogP contribution in [0.15, 0.2) is 34.5 Å². The second kappa shape index (κ2) is 8.95. The first-order chi connectivity index (χ1) is 14.4. The van der Waals surface area contributed by atoms with Gasteiger partial charge in [-0.25, -0.2) is 13.1 Å². The number of fused-ring (bicyclic) bond motifs is 1. The molecular weight excluding hydrogens is 424 g/mol. The first kappa shape index (κ1) is 21.1. The third-order valence-electron chi connectivity index (χ3n) is 5.44. The van der Waals surface area contributed by atoms with Gasteiger partial charge in [0.05, 0.1) is 4.90 Å². The zero-order chi connectivity index (χ0) is 21.1. The largest absolute Gasteiger partial charge is 0.485 e. The van der Waals surface area contributed by atoms with Gasteiger partial charge >= 0.3 is 0 Å². The summed E-state index contributed by atoms with van der Waals surface area (Å²) in [5, 5.41) is 2.00. The summed E-state index contributed by atoms with van der Waals surface area (Å²) < 4.78 is 39.5. The third-order valence-corrected chi connectivity index (χ3v) is 7.98. The van der Waals surface area contributed by atoms with E-state index in [-0.39, 0.29) is 17.4 Å². The Morgan fingerprint density at radius 1 is 1.20 bits per heavy atom. The lowest BCUT2D eigenvalue weighted by molar-refractivity contribution is -0.142. The molecule has 1 N–H and O–H groups in total. The number of hydrogen-bond donors (Lipinski definition) is 1. The molecule has 1 amide bonds. The Labute approximate surface area is 181 Å². The lowest BCUT2D eigenvalue weighted by atomic mass is 10.1. The number of amides is 1. The van der Waals surface area contributed by atoms with Gasteiger partial charge in [-0.05, 0) is 61.7 Å². The van der Waals surface area contributed by atoms with E-state index in [1.54, 1.807) is 17.4 Å². The van der Waals surface area contributed by atoms with Gasteiger partial charge < -0.3 is 14.4 Å². The van der Waals surface area contributed by atoms with Gasteiger partial charge in [-0.2, -0.15) is 0 Å². The standard InChI is InChI=1S/C21H26N2O5S2/c1-15-8-12-29-20(15)7-9-22-30(25,26)16-5-6-17-18(13-16)27-14-19(28-17)21(24)23-10-3-2-4-11-23/h5-6,8,12-13,19,22H,2-4,7,9-11,14H2,1H3/t19-/m0/s1. The van der Waals surface area contributed by atoms with Gasteiger partial charge in [-0.1, -0.05) is 0 Å². The first-order valence-electron chi connectivity index (χ1n) is 10.2. The molecule has 2 aromatic rings. The number of rotatable bonds is 6. The maximum Gasteiger partial charge on any atom is 0.267 e. The molecule has 7 nitrogen and oxygen atoms in total. The predicted octanol–water partition coefficient (Wildman–Crippen LogP) is 2.73. The van der Waals surface area contributed by atoms with Crippen LogP contribution in [-0.4, -0.2) is 51.6 Å². The van der Waals surface area contributed by atoms with Crippen molar-refractivity contribution in [2.24, 2.45) is 0 Å². The van der Waals surface area contributed by atoms with E-state index in [4.69, 9.17) is 9.47 Å². The summed E-state index contributed by atoms with van der Waals surface area (Å²) in [5.74, 6) is 0.669. The molecule has 4 rings (SSSR count). The number of nitrogens with zero attached hydrogens (tertiary/aromatic N) is 1. The number of likely N-dealkylation sites (tertiary alicyclic amines) is 1. The minimum atomic E-state index is -3.66. The van der Waals surface area contributed by atoms with Gasteiger partial charge in [0, 0.05) is 30.6 Å². The molecule has 0 spiro atoms. The maximum atomic E-state index is 12.6. The SMILES string of the molecule is Cc1ccsc1CCNS(=O)(=O)c1ccc2c(c1)OC[C@@H](C(=O)N1CCCCC1)O2. The molecule has 0 unspecified atom stereocenters. The number of nitrogens with one attached hydrogen (secondary N) is 1. The van der Waals surface area contributed by atoms with E-state index in [1.807, 2.05) is 23.3 Å². The fraction of sp³-hybridized carbons (Fsp3) is 0.476. The lowest BCUT2D eigenvalue weighted by Crippen LogP contribution is -2.48. The number of piperidine rings is 1. The molecule has 1 fully saturated rings. The fourth-order valence-electron chi connectivity index (χ4n) is 3.70. The molecule has 0 bridgehead atoms. The van der Waals surface area contributed by atoms with Crippen molar-refractivity contribution >= 4 is 27.3 Å². The van der Waals surface area contributed by atoms with Gasteiger partial charge in [0.1, 0.15) is 6.61 Å². The highest BCUT2D eigenvalue weighted by Gasteiger charge is 2.32. The molecule has 9 heteroatoms. The molecular formula is C21H26N2O5S2. The normalized spacial score (nSPS) is 19.0. The van der Waals surface area contributed by atoms with Crippen LogP contribution in [0.5, 0.6) is 11.5 Å². The zero-order valence-electron chi connectivity index (χ0n) is 16.9. The van der Waals surface area contributed by atoms with Crippen molar-refractivity contribution in [1.29, 1.82) is 0 Å². The van der Waals surface area contributed by atoms with Crippen molar-refractivity contribution in [3.8, 4) is 11.5 Å². The van der Waals surface area contributed by atoms with Crippen molar-refractivity contribution < 1.29 is 22.7 Å². The van der Waals surface area contributed by atoms with Crippen LogP contribution in [0.25, 0.3) is 0 Å². The lowest BCUT2D eigenvalue weighted by Gasteiger charge is -2.32. The number of carbonyl (C=O) groups is 1. The second-order valence-electron chi connectivity index (χ2n) is 7.59. The summed E-state index contributed by atoms with van der Waals surface area (Å²) in [6, 6.07) is 6.52. The van der Waals surface area contributed by atoms with Gasteiger partial charge in [-0.3, -0.25) is 4.79 Å². The van der Waals surface area contributed by atoms with Gasteiger partial charge in [-0.15, -0.1) is 11.3 Å². The van der Waals surface area contributed by atoms with Crippen molar-refractivity contribution in [3.63, 3.8) is 0 Å². The average Bonchev–Trinajstić information content (AvgIpc) is 3.17. The van der Waals surface area contributed by atoms with Gasteiger partial charge in [0.15, 0.2) is 11.5 Å². The average molecular weight is 451 g/mol. The molecule has 1 atom stereocenters. The smallest absolute Gasteiger partial charge is 0.267 e. The van der Waals surface area contributed by atoms with Crippen LogP contribution in [0, 0.1) is 6.92 Å². The molecule has 1 saturated heterocycles. The van der Waals surface area contributed by atoms with Crippen LogP contribution in [-0.2, 0) is 21.2 Å². The quantitative estimate of drug-likeness (QED) is 0.732. The summed E-state index contributed by atoms with van der Waals surface area (Å²) in [7, 11) is -3.66. The van der Waals surface area contributed by atoms with Crippen molar-refractivity contribution in [3.05, 3.63) is 40.1 Å². The van der Waals surface area contributed by atoms with Crippen molar-refractivity contribution in [2.45, 2.75) is 43.6 Å². The number of carbonyl (C=O) groups excluding carboxylic acids is 1. The topological polar surface area (TPSA) is 84.9 Å². The molecule has 1 aromatic carbocycles. The van der Waals surface area contributed by atoms with E-state index in [1.165, 1.54) is 22.6 Å². The van der Waals surface area contributed by atoms with E-state index in [9.17, 15) is 13.2 Å². The zero-order valence-corrected chi connectivity index (χ0v) is 18.6.